The molecular weight excluding hydrogens is 88.1 g/mol. The molecule has 0 saturated heterocycles. The molecule has 2 radical (unpaired) electrons. The van der Waals surface area contributed by atoms with Crippen molar-refractivity contribution in [1.29, 1.82) is 0 Å². The monoisotopic (exact) mass is 94.0 g/mol. The average molecular weight is 94.1 g/mol. The van der Waals surface area contributed by atoms with E-state index in [1.807, 2.05) is 13.0 Å². The van der Waals surface area contributed by atoms with Gasteiger partial charge in [-0.2, -0.15) is 0 Å². The van der Waals surface area contributed by atoms with Crippen LogP contribution in [0.2, 0.25) is 0 Å². The third kappa shape index (κ3) is 0.829. The standard InChI is InChI=1S/C6H6O/c1-2-6-3-4-7-5-6/h3-5H,1H3. The minimum atomic E-state index is 1.01. The van der Waals surface area contributed by atoms with E-state index in [-0.39, 0.29) is 0 Å². The lowest BCUT2D eigenvalue weighted by molar-refractivity contribution is 0.566. The van der Waals surface area contributed by atoms with Crippen molar-refractivity contribution in [1.82, 2.24) is 0 Å². The van der Waals surface area contributed by atoms with E-state index in [9.17, 15) is 0 Å². The molecule has 0 bridgehead atoms. The van der Waals surface area contributed by atoms with Gasteiger partial charge in [0.2, 0.25) is 0 Å². The van der Waals surface area contributed by atoms with Gasteiger partial charge >= 0.3 is 0 Å². The molecule has 0 saturated carbocycles. The molecular formula is C6H6O. The Morgan fingerprint density at radius 3 is 2.86 bits per heavy atom. The molecule has 0 N–H and O–H groups in total. The van der Waals surface area contributed by atoms with Gasteiger partial charge < -0.3 is 4.42 Å². The van der Waals surface area contributed by atoms with Crippen LogP contribution >= 0.6 is 0 Å². The van der Waals surface area contributed by atoms with Gasteiger partial charge in [-0.25, -0.2) is 0 Å². The Kier molecular flexibility index (Phi) is 1.16. The van der Waals surface area contributed by atoms with Crippen LogP contribution in [-0.4, -0.2) is 0 Å². The van der Waals surface area contributed by atoms with Crippen LogP contribution in [0.3, 0.4) is 0 Å². The molecule has 1 rings (SSSR count). The maximum atomic E-state index is 4.74. The first-order chi connectivity index (χ1) is 3.43. The quantitative estimate of drug-likeness (QED) is 0.516. The first kappa shape index (κ1) is 4.44. The van der Waals surface area contributed by atoms with Crippen LogP contribution in [0.15, 0.2) is 23.0 Å². The van der Waals surface area contributed by atoms with E-state index in [1.165, 1.54) is 0 Å². The van der Waals surface area contributed by atoms with E-state index in [1.54, 1.807) is 12.5 Å². The van der Waals surface area contributed by atoms with Crippen molar-refractivity contribution in [2.75, 3.05) is 0 Å². The summed E-state index contributed by atoms with van der Waals surface area (Å²) in [6.45, 7) is 1.85. The van der Waals surface area contributed by atoms with Crippen LogP contribution in [0.5, 0.6) is 0 Å². The predicted octanol–water partition coefficient (Wildman–Crippen LogP) is 1.73. The van der Waals surface area contributed by atoms with Crippen molar-refractivity contribution in [2.24, 2.45) is 0 Å². The maximum absolute atomic E-state index is 4.74. The fourth-order valence-corrected chi connectivity index (χ4v) is 0.407. The van der Waals surface area contributed by atoms with Gasteiger partial charge in [0.1, 0.15) is 0 Å². The summed E-state index contributed by atoms with van der Waals surface area (Å²) in [6, 6.07) is 1.86. The van der Waals surface area contributed by atoms with Crippen LogP contribution < -0.4 is 0 Å². The molecule has 1 aromatic heterocycles. The van der Waals surface area contributed by atoms with Gasteiger partial charge in [0, 0.05) is 6.42 Å². The van der Waals surface area contributed by atoms with E-state index < -0.39 is 0 Å². The first-order valence-electron chi connectivity index (χ1n) is 2.13. The number of hydrogen-bond donors (Lipinski definition) is 0. The van der Waals surface area contributed by atoms with Gasteiger partial charge in [-0.05, 0) is 11.6 Å². The topological polar surface area (TPSA) is 13.1 Å². The van der Waals surface area contributed by atoms with E-state index in [4.69, 9.17) is 4.42 Å². The number of furan rings is 1. The Morgan fingerprint density at radius 1 is 1.71 bits per heavy atom. The third-order valence-corrected chi connectivity index (χ3v) is 0.810. The Bertz CT molecular complexity index is 119. The second kappa shape index (κ2) is 1.82. The Balaban J connectivity index is 2.76. The Morgan fingerprint density at radius 2 is 2.57 bits per heavy atom. The lowest BCUT2D eigenvalue weighted by atomic mass is 10.3. The van der Waals surface area contributed by atoms with E-state index in [0.29, 0.717) is 0 Å². The second-order valence-corrected chi connectivity index (χ2v) is 1.26. The van der Waals surface area contributed by atoms with Gasteiger partial charge in [0.25, 0.3) is 0 Å². The van der Waals surface area contributed by atoms with E-state index >= 15 is 0 Å². The molecule has 1 nitrogen and oxygen atoms in total. The zero-order valence-corrected chi connectivity index (χ0v) is 4.14. The summed E-state index contributed by atoms with van der Waals surface area (Å²) >= 11 is 0. The fourth-order valence-electron chi connectivity index (χ4n) is 0.407. The summed E-state index contributed by atoms with van der Waals surface area (Å²) in [5, 5.41) is 0. The van der Waals surface area contributed by atoms with Gasteiger partial charge in [0.15, 0.2) is 0 Å². The highest BCUT2D eigenvalue weighted by Crippen LogP contribution is 2.00. The summed E-state index contributed by atoms with van der Waals surface area (Å²) in [7, 11) is 0. The molecule has 7 heavy (non-hydrogen) atoms. The maximum Gasteiger partial charge on any atom is 0.0940 e. The lowest BCUT2D eigenvalue weighted by Gasteiger charge is -1.75. The van der Waals surface area contributed by atoms with E-state index in [2.05, 4.69) is 6.42 Å². The van der Waals surface area contributed by atoms with Crippen LogP contribution in [0, 0.1) is 6.42 Å². The minimum absolute atomic E-state index is 1.01. The molecule has 1 aromatic rings. The molecule has 0 amide bonds. The molecule has 0 aliphatic carbocycles. The fraction of sp³-hybridized carbons (Fsp3) is 0.167. The van der Waals surface area contributed by atoms with Crippen molar-refractivity contribution in [2.45, 2.75) is 6.92 Å². The SMILES string of the molecule is C[C]c1ccoc1. The Hall–Kier alpha value is -0.720. The van der Waals surface area contributed by atoms with Crippen molar-refractivity contribution in [3.8, 4) is 0 Å². The van der Waals surface area contributed by atoms with Crippen molar-refractivity contribution >= 4 is 0 Å². The number of rotatable bonds is 1. The second-order valence-electron chi connectivity index (χ2n) is 1.26. The highest BCUT2D eigenvalue weighted by atomic mass is 16.3. The van der Waals surface area contributed by atoms with Crippen LogP contribution in [-0.2, 0) is 0 Å². The first-order valence-corrected chi connectivity index (χ1v) is 2.13. The van der Waals surface area contributed by atoms with Crippen molar-refractivity contribution in [3.05, 3.63) is 30.6 Å². The zero-order chi connectivity index (χ0) is 5.11. The molecule has 1 heterocycles. The minimum Gasteiger partial charge on any atom is -0.472 e. The molecule has 0 aliphatic heterocycles. The zero-order valence-electron chi connectivity index (χ0n) is 4.14. The van der Waals surface area contributed by atoms with Gasteiger partial charge in [0.05, 0.1) is 12.5 Å². The Labute approximate surface area is 43.0 Å². The lowest BCUT2D eigenvalue weighted by Crippen LogP contribution is -1.62. The third-order valence-electron chi connectivity index (χ3n) is 0.810. The summed E-state index contributed by atoms with van der Waals surface area (Å²) in [6.07, 6.45) is 6.20. The van der Waals surface area contributed by atoms with E-state index in [0.717, 1.165) is 5.56 Å². The molecule has 0 unspecified atom stereocenters. The van der Waals surface area contributed by atoms with Gasteiger partial charge in [-0.15, -0.1) is 0 Å². The van der Waals surface area contributed by atoms with Crippen molar-refractivity contribution < 1.29 is 4.42 Å². The predicted molar refractivity (Wildman–Crippen MR) is 26.7 cm³/mol. The largest absolute Gasteiger partial charge is 0.472 e. The molecule has 0 fully saturated rings. The summed E-state index contributed by atoms with van der Waals surface area (Å²) in [5.41, 5.74) is 1.01. The summed E-state index contributed by atoms with van der Waals surface area (Å²) < 4.78 is 4.74. The smallest absolute Gasteiger partial charge is 0.0940 e. The molecule has 0 atom stereocenters. The van der Waals surface area contributed by atoms with Crippen molar-refractivity contribution in [3.63, 3.8) is 0 Å². The highest BCUT2D eigenvalue weighted by Gasteiger charge is 1.84. The molecule has 0 aliphatic rings. The molecule has 0 aromatic carbocycles. The summed E-state index contributed by atoms with van der Waals surface area (Å²) in [5.74, 6) is 0. The molecule has 36 valence electrons. The molecule has 1 heteroatoms. The highest BCUT2D eigenvalue weighted by molar-refractivity contribution is 5.13. The van der Waals surface area contributed by atoms with Crippen LogP contribution in [0.25, 0.3) is 0 Å². The van der Waals surface area contributed by atoms with Gasteiger partial charge in [-0.1, -0.05) is 6.92 Å². The van der Waals surface area contributed by atoms with Gasteiger partial charge in [-0.3, -0.25) is 0 Å². The normalized spacial score (nSPS) is 9.29. The molecule has 0 spiro atoms. The number of hydrogen-bond acceptors (Lipinski definition) is 1. The van der Waals surface area contributed by atoms with Crippen LogP contribution in [0.1, 0.15) is 12.5 Å². The average Bonchev–Trinajstić information content (AvgIpc) is 2.14. The van der Waals surface area contributed by atoms with Crippen LogP contribution in [0.4, 0.5) is 0 Å². The summed E-state index contributed by atoms with van der Waals surface area (Å²) in [4.78, 5) is 0.